The van der Waals surface area contributed by atoms with Gasteiger partial charge in [-0.2, -0.15) is 0 Å². The first-order valence-electron chi connectivity index (χ1n) is 6.79. The lowest BCUT2D eigenvalue weighted by Gasteiger charge is -2.35. The van der Waals surface area contributed by atoms with Crippen LogP contribution < -0.4 is 5.32 Å². The molecule has 11 heteroatoms. The molecule has 0 aromatic carbocycles. The fraction of sp³-hybridized carbons (Fsp3) is 0.818. The van der Waals surface area contributed by atoms with Gasteiger partial charge in [0.1, 0.15) is 18.3 Å². The summed E-state index contributed by atoms with van der Waals surface area (Å²) in [5, 5.41) is 11.6. The van der Waals surface area contributed by atoms with Crippen molar-refractivity contribution < 1.29 is 37.6 Å². The smallest absolute Gasteiger partial charge is 0.394 e. The van der Waals surface area contributed by atoms with E-state index >= 15 is 0 Å². The number of phosphoric acid groups is 1. The van der Waals surface area contributed by atoms with Crippen molar-refractivity contribution in [3.05, 3.63) is 0 Å². The normalized spacial score (nSPS) is 45.0. The third kappa shape index (κ3) is 2.45. The van der Waals surface area contributed by atoms with E-state index in [2.05, 4.69) is 5.32 Å². The number of ether oxygens (including phenoxy) is 1. The van der Waals surface area contributed by atoms with Gasteiger partial charge in [0.05, 0.1) is 12.5 Å². The first-order valence-corrected chi connectivity index (χ1v) is 8.25. The molecule has 3 aliphatic rings. The van der Waals surface area contributed by atoms with Crippen LogP contribution in [0.15, 0.2) is 0 Å². The zero-order chi connectivity index (χ0) is 16.1. The molecule has 3 saturated heterocycles. The molecule has 6 atom stereocenters. The molecular weight excluding hydrogens is 319 g/mol. The molecule has 0 aliphatic carbocycles. The predicted octanol–water partition coefficient (Wildman–Crippen LogP) is -0.570. The first-order chi connectivity index (χ1) is 10.4. The van der Waals surface area contributed by atoms with Gasteiger partial charge in [0.15, 0.2) is 6.23 Å². The lowest BCUT2D eigenvalue weighted by atomic mass is 10.1. The van der Waals surface area contributed by atoms with Crippen molar-refractivity contribution in [2.75, 3.05) is 20.3 Å². The number of nitrogens with zero attached hydrogens (tertiary/aromatic N) is 1. The van der Waals surface area contributed by atoms with Crippen molar-refractivity contribution in [1.29, 1.82) is 0 Å². The van der Waals surface area contributed by atoms with E-state index in [1.54, 1.807) is 6.92 Å². The van der Waals surface area contributed by atoms with E-state index in [0.717, 1.165) is 0 Å². The number of aliphatic hydroxyl groups is 1. The number of hydrogen-bond donors (Lipinski definition) is 2. The largest absolute Gasteiger partial charge is 0.475 e. The van der Waals surface area contributed by atoms with Crippen molar-refractivity contribution in [3.8, 4) is 0 Å². The highest BCUT2D eigenvalue weighted by molar-refractivity contribution is 7.48. The highest BCUT2D eigenvalue weighted by Crippen LogP contribution is 2.60. The molecule has 0 aromatic heterocycles. The Balaban J connectivity index is 1.83. The van der Waals surface area contributed by atoms with Crippen molar-refractivity contribution in [2.45, 2.75) is 31.5 Å². The third-order valence-electron chi connectivity index (χ3n) is 3.91. The van der Waals surface area contributed by atoms with E-state index in [1.807, 2.05) is 0 Å². The second-order valence-electron chi connectivity index (χ2n) is 5.37. The molecule has 3 amide bonds. The third-order valence-corrected chi connectivity index (χ3v) is 5.36. The van der Waals surface area contributed by atoms with Gasteiger partial charge in [0.2, 0.25) is 5.91 Å². The molecule has 10 nitrogen and oxygen atoms in total. The van der Waals surface area contributed by atoms with Gasteiger partial charge in [0.25, 0.3) is 0 Å². The van der Waals surface area contributed by atoms with Gasteiger partial charge < -0.3 is 9.84 Å². The zero-order valence-electron chi connectivity index (χ0n) is 12.0. The van der Waals surface area contributed by atoms with Crippen LogP contribution in [0.5, 0.6) is 0 Å². The molecular formula is C11H17N2O8P. The van der Waals surface area contributed by atoms with Crippen LogP contribution in [-0.2, 0) is 27.7 Å². The topological polar surface area (TPSA) is 124 Å². The van der Waals surface area contributed by atoms with E-state index in [9.17, 15) is 19.3 Å². The summed E-state index contributed by atoms with van der Waals surface area (Å²) < 4.78 is 33.0. The Morgan fingerprint density at radius 3 is 2.73 bits per heavy atom. The van der Waals surface area contributed by atoms with Crippen molar-refractivity contribution in [1.82, 2.24) is 10.2 Å². The summed E-state index contributed by atoms with van der Waals surface area (Å²) >= 11 is 0. The maximum atomic E-state index is 12.1. The van der Waals surface area contributed by atoms with Gasteiger partial charge in [-0.3, -0.25) is 28.6 Å². The molecule has 0 saturated carbocycles. The molecule has 0 radical (unpaired) electrons. The summed E-state index contributed by atoms with van der Waals surface area (Å²) in [7, 11) is -2.55. The number of amides is 3. The average molecular weight is 336 g/mol. The summed E-state index contributed by atoms with van der Waals surface area (Å²) in [6.07, 6.45) is -3.42. The number of imide groups is 1. The zero-order valence-corrected chi connectivity index (χ0v) is 12.9. The Labute approximate surface area is 126 Å². The van der Waals surface area contributed by atoms with Crippen LogP contribution in [0.4, 0.5) is 4.79 Å². The minimum atomic E-state index is -3.73. The highest BCUT2D eigenvalue weighted by Gasteiger charge is 2.60. The molecule has 0 aromatic rings. The lowest BCUT2D eigenvalue weighted by molar-refractivity contribution is -0.130. The molecule has 22 heavy (non-hydrogen) atoms. The molecule has 6 unspecified atom stereocenters. The Morgan fingerprint density at radius 2 is 2.09 bits per heavy atom. The summed E-state index contributed by atoms with van der Waals surface area (Å²) in [4.78, 5) is 24.8. The SMILES string of the molecule is COP1(=O)OC2C(CO)OC(N3CC(C)C(=O)NC3=O)C2O1. The van der Waals surface area contributed by atoms with E-state index in [4.69, 9.17) is 18.3 Å². The number of carbonyl (C=O) groups excluding carboxylic acids is 2. The highest BCUT2D eigenvalue weighted by atomic mass is 31.2. The fourth-order valence-corrected chi connectivity index (χ4v) is 4.03. The number of carbonyl (C=O) groups is 2. The van der Waals surface area contributed by atoms with Crippen LogP contribution >= 0.6 is 7.82 Å². The van der Waals surface area contributed by atoms with Gasteiger partial charge in [-0.25, -0.2) is 9.36 Å². The Morgan fingerprint density at radius 1 is 1.41 bits per heavy atom. The second kappa shape index (κ2) is 5.55. The minimum Gasteiger partial charge on any atom is -0.394 e. The van der Waals surface area contributed by atoms with Gasteiger partial charge in [-0.15, -0.1) is 0 Å². The van der Waals surface area contributed by atoms with Crippen molar-refractivity contribution >= 4 is 19.8 Å². The maximum absolute atomic E-state index is 12.1. The lowest BCUT2D eigenvalue weighted by Crippen LogP contribution is -2.59. The first kappa shape index (κ1) is 15.9. The molecule has 124 valence electrons. The predicted molar refractivity (Wildman–Crippen MR) is 69.5 cm³/mol. The van der Waals surface area contributed by atoms with Crippen LogP contribution in [0, 0.1) is 5.92 Å². The number of urea groups is 1. The van der Waals surface area contributed by atoms with Gasteiger partial charge in [0, 0.05) is 13.7 Å². The van der Waals surface area contributed by atoms with Crippen LogP contribution in [-0.4, -0.2) is 66.7 Å². The number of rotatable bonds is 3. The van der Waals surface area contributed by atoms with Crippen LogP contribution in [0.1, 0.15) is 6.92 Å². The Kier molecular flexibility index (Phi) is 4.00. The fourth-order valence-electron chi connectivity index (χ4n) is 2.74. The Bertz CT molecular complexity index is 542. The second-order valence-corrected chi connectivity index (χ2v) is 7.05. The number of hydrogen-bond acceptors (Lipinski definition) is 8. The number of aliphatic hydroxyl groups excluding tert-OH is 1. The number of phosphoric ester groups is 1. The van der Waals surface area contributed by atoms with Gasteiger partial charge in [-0.05, 0) is 0 Å². The van der Waals surface area contributed by atoms with Crippen molar-refractivity contribution in [3.63, 3.8) is 0 Å². The minimum absolute atomic E-state index is 0.122. The number of fused-ring (bicyclic) bond motifs is 1. The standard InChI is InChI=1S/C11H17N2O8P/c1-5-3-13(11(16)12-9(5)15)10-8-7(6(4-14)19-10)20-22(17,18-2)21-8/h5-8,10,14H,3-4H2,1-2H3,(H,12,15,16). The monoisotopic (exact) mass is 336 g/mol. The van der Waals surface area contributed by atoms with E-state index in [-0.39, 0.29) is 12.5 Å². The quantitative estimate of drug-likeness (QED) is 0.657. The average Bonchev–Trinajstić information content (AvgIpc) is 2.98. The molecule has 3 fully saturated rings. The number of nitrogens with one attached hydrogen (secondary N) is 1. The van der Waals surface area contributed by atoms with Gasteiger partial charge in [-0.1, -0.05) is 6.92 Å². The summed E-state index contributed by atoms with van der Waals surface area (Å²) in [5.41, 5.74) is 0. The molecule has 0 bridgehead atoms. The molecule has 0 spiro atoms. The van der Waals surface area contributed by atoms with Crippen LogP contribution in [0.2, 0.25) is 0 Å². The van der Waals surface area contributed by atoms with Crippen LogP contribution in [0.25, 0.3) is 0 Å². The molecule has 3 rings (SSSR count). The van der Waals surface area contributed by atoms with E-state index < -0.39 is 50.9 Å². The van der Waals surface area contributed by atoms with E-state index in [0.29, 0.717) is 0 Å². The summed E-state index contributed by atoms with van der Waals surface area (Å²) in [6.45, 7) is 1.39. The molecule has 2 N–H and O–H groups in total. The summed E-state index contributed by atoms with van der Waals surface area (Å²) in [5.74, 6) is -0.801. The summed E-state index contributed by atoms with van der Waals surface area (Å²) in [6, 6.07) is -0.631. The van der Waals surface area contributed by atoms with Gasteiger partial charge >= 0.3 is 13.9 Å². The molecule has 3 heterocycles. The van der Waals surface area contributed by atoms with E-state index in [1.165, 1.54) is 12.0 Å². The van der Waals surface area contributed by atoms with Crippen molar-refractivity contribution in [2.24, 2.45) is 5.92 Å². The van der Waals surface area contributed by atoms with Crippen LogP contribution in [0.3, 0.4) is 0 Å². The Hall–Kier alpha value is -1.03. The molecule has 3 aliphatic heterocycles. The maximum Gasteiger partial charge on any atom is 0.475 e.